The number of aromatic nitrogens is 3. The van der Waals surface area contributed by atoms with Crippen LogP contribution in [0.4, 0.5) is 4.39 Å². The molecule has 5 aromatic rings. The number of halogens is 1. The molecule has 0 fully saturated rings. The first-order valence-corrected chi connectivity index (χ1v) is 13.4. The SMILES string of the molecule is C[C@H]1c2oncc2C[C@@]2(C)c3c(c(-c4ccc(CF)cc4)nn3-c3ccc(-c4ccccc4)cc3)CC[C@H]12. The Labute approximate surface area is 222 Å². The van der Waals surface area contributed by atoms with Crippen molar-refractivity contribution in [3.8, 4) is 28.1 Å². The van der Waals surface area contributed by atoms with Gasteiger partial charge in [0.25, 0.3) is 0 Å². The van der Waals surface area contributed by atoms with Crippen LogP contribution in [0.5, 0.6) is 0 Å². The van der Waals surface area contributed by atoms with E-state index in [-0.39, 0.29) is 11.3 Å². The zero-order chi connectivity index (χ0) is 25.9. The molecular weight excluding hydrogens is 473 g/mol. The van der Waals surface area contributed by atoms with Gasteiger partial charge in [-0.05, 0) is 54.0 Å². The Bertz CT molecular complexity index is 1600. The third-order valence-electron chi connectivity index (χ3n) is 8.90. The van der Waals surface area contributed by atoms with Crippen molar-refractivity contribution in [2.75, 3.05) is 0 Å². The maximum absolute atomic E-state index is 13.2. The molecule has 0 bridgehead atoms. The second-order valence-corrected chi connectivity index (χ2v) is 11.1. The van der Waals surface area contributed by atoms with Crippen molar-refractivity contribution in [3.05, 3.63) is 113 Å². The number of nitrogens with zero attached hydrogens (tertiary/aromatic N) is 3. The van der Waals surface area contributed by atoms with Crippen LogP contribution in [0.3, 0.4) is 0 Å². The third kappa shape index (κ3) is 3.48. The first-order valence-electron chi connectivity index (χ1n) is 13.4. The highest BCUT2D eigenvalue weighted by Gasteiger charge is 2.51. The molecule has 2 aliphatic rings. The van der Waals surface area contributed by atoms with Crippen LogP contribution in [-0.4, -0.2) is 14.9 Å². The van der Waals surface area contributed by atoms with Gasteiger partial charge in [0.15, 0.2) is 0 Å². The normalized spacial score (nSPS) is 22.0. The van der Waals surface area contributed by atoms with E-state index in [2.05, 4.69) is 72.2 Å². The number of rotatable bonds is 4. The summed E-state index contributed by atoms with van der Waals surface area (Å²) in [7, 11) is 0. The summed E-state index contributed by atoms with van der Waals surface area (Å²) in [6.07, 6.45) is 4.79. The zero-order valence-corrected chi connectivity index (χ0v) is 21.7. The first-order chi connectivity index (χ1) is 18.6. The van der Waals surface area contributed by atoms with Crippen LogP contribution in [0.1, 0.15) is 54.3 Å². The topological polar surface area (TPSA) is 43.9 Å². The standard InChI is InChI=1S/C33H30FN3O/c1-21-29-17-16-28-30(25-10-8-22(19-34)9-11-25)36-37(32(28)33(29,2)18-26-20-35-38-31(21)26)27-14-12-24(13-15-27)23-6-4-3-5-7-23/h3-15,20-21,29H,16-19H2,1-2H3/t21-,29-,33-/m1/s1. The lowest BCUT2D eigenvalue weighted by Crippen LogP contribution is -2.45. The lowest BCUT2D eigenvalue weighted by atomic mass is 9.56. The van der Waals surface area contributed by atoms with Crippen LogP contribution in [0.25, 0.3) is 28.1 Å². The van der Waals surface area contributed by atoms with Gasteiger partial charge in [0.2, 0.25) is 0 Å². The lowest BCUT2D eigenvalue weighted by Gasteiger charge is -2.47. The minimum absolute atomic E-state index is 0.117. The number of hydrogen-bond acceptors (Lipinski definition) is 3. The lowest BCUT2D eigenvalue weighted by molar-refractivity contribution is 0.170. The van der Waals surface area contributed by atoms with E-state index in [4.69, 9.17) is 9.62 Å². The highest BCUT2D eigenvalue weighted by atomic mass is 19.1. The zero-order valence-electron chi connectivity index (χ0n) is 21.7. The fraction of sp³-hybridized carbons (Fsp3) is 0.273. The van der Waals surface area contributed by atoms with Crippen LogP contribution in [0, 0.1) is 5.92 Å². The second-order valence-electron chi connectivity index (χ2n) is 11.1. The van der Waals surface area contributed by atoms with Gasteiger partial charge in [-0.2, -0.15) is 5.10 Å². The van der Waals surface area contributed by atoms with Crippen molar-refractivity contribution < 1.29 is 8.91 Å². The van der Waals surface area contributed by atoms with E-state index in [1.165, 1.54) is 27.9 Å². The molecular formula is C33H30FN3O. The van der Waals surface area contributed by atoms with Crippen LogP contribution in [0.15, 0.2) is 89.6 Å². The largest absolute Gasteiger partial charge is 0.361 e. The van der Waals surface area contributed by atoms with Gasteiger partial charge in [0, 0.05) is 28.0 Å². The van der Waals surface area contributed by atoms with Gasteiger partial charge in [-0.1, -0.05) is 85.7 Å². The van der Waals surface area contributed by atoms with E-state index in [1.807, 2.05) is 36.5 Å². The van der Waals surface area contributed by atoms with Gasteiger partial charge in [0.1, 0.15) is 12.4 Å². The maximum Gasteiger partial charge on any atom is 0.143 e. The van der Waals surface area contributed by atoms with Crippen molar-refractivity contribution in [2.45, 2.75) is 51.1 Å². The summed E-state index contributed by atoms with van der Waals surface area (Å²) in [5.41, 5.74) is 9.82. The third-order valence-corrected chi connectivity index (χ3v) is 8.90. The summed E-state index contributed by atoms with van der Waals surface area (Å²) in [6.45, 7) is 4.22. The van der Waals surface area contributed by atoms with Gasteiger partial charge >= 0.3 is 0 Å². The highest BCUT2D eigenvalue weighted by molar-refractivity contribution is 5.68. The monoisotopic (exact) mass is 503 g/mol. The molecule has 0 unspecified atom stereocenters. The van der Waals surface area contributed by atoms with Crippen LogP contribution in [-0.2, 0) is 24.9 Å². The summed E-state index contributed by atoms with van der Waals surface area (Å²) < 4.78 is 21.1. The molecule has 0 aliphatic heterocycles. The van der Waals surface area contributed by atoms with Crippen molar-refractivity contribution in [3.63, 3.8) is 0 Å². The number of benzene rings is 3. The van der Waals surface area contributed by atoms with E-state index in [0.717, 1.165) is 42.0 Å². The summed E-state index contributed by atoms with van der Waals surface area (Å²) in [4.78, 5) is 0. The predicted molar refractivity (Wildman–Crippen MR) is 147 cm³/mol. The molecule has 2 heterocycles. The number of alkyl halides is 1. The van der Waals surface area contributed by atoms with Crippen molar-refractivity contribution in [2.24, 2.45) is 5.92 Å². The molecule has 2 aliphatic carbocycles. The first kappa shape index (κ1) is 23.2. The Hall–Kier alpha value is -3.99. The molecule has 3 atom stereocenters. The maximum atomic E-state index is 13.2. The van der Waals surface area contributed by atoms with Crippen LogP contribution >= 0.6 is 0 Å². The Morgan fingerprint density at radius 3 is 2.39 bits per heavy atom. The average molecular weight is 504 g/mol. The molecule has 0 N–H and O–H groups in total. The summed E-state index contributed by atoms with van der Waals surface area (Å²) in [5, 5.41) is 9.44. The van der Waals surface area contributed by atoms with E-state index in [0.29, 0.717) is 11.5 Å². The summed E-state index contributed by atoms with van der Waals surface area (Å²) in [6, 6.07) is 26.9. The molecule has 0 spiro atoms. The molecule has 5 heteroatoms. The summed E-state index contributed by atoms with van der Waals surface area (Å²) >= 11 is 0. The Morgan fingerprint density at radius 2 is 1.66 bits per heavy atom. The minimum atomic E-state index is -0.459. The van der Waals surface area contributed by atoms with E-state index >= 15 is 0 Å². The Kier molecular flexibility index (Phi) is 5.36. The molecule has 2 aromatic heterocycles. The molecule has 0 amide bonds. The van der Waals surface area contributed by atoms with Gasteiger partial charge in [-0.25, -0.2) is 9.07 Å². The van der Waals surface area contributed by atoms with E-state index < -0.39 is 6.67 Å². The Balaban J connectivity index is 1.41. The fourth-order valence-corrected chi connectivity index (χ4v) is 7.04. The molecule has 3 aromatic carbocycles. The number of hydrogen-bond donors (Lipinski definition) is 0. The molecule has 190 valence electrons. The Morgan fingerprint density at radius 1 is 0.947 bits per heavy atom. The van der Waals surface area contributed by atoms with Gasteiger partial charge in [0.05, 0.1) is 23.3 Å². The van der Waals surface area contributed by atoms with Crippen molar-refractivity contribution >= 4 is 0 Å². The molecule has 4 nitrogen and oxygen atoms in total. The summed E-state index contributed by atoms with van der Waals surface area (Å²) in [5.74, 6) is 1.75. The van der Waals surface area contributed by atoms with Crippen molar-refractivity contribution in [1.82, 2.24) is 14.9 Å². The number of fused-ring (bicyclic) bond motifs is 4. The second kappa shape index (κ2) is 8.80. The average Bonchev–Trinajstić information content (AvgIpc) is 3.59. The van der Waals surface area contributed by atoms with E-state index in [9.17, 15) is 4.39 Å². The van der Waals surface area contributed by atoms with Crippen LogP contribution < -0.4 is 0 Å². The quantitative estimate of drug-likeness (QED) is 0.251. The fourth-order valence-electron chi connectivity index (χ4n) is 7.04. The molecule has 0 radical (unpaired) electrons. The smallest absolute Gasteiger partial charge is 0.143 e. The molecule has 0 saturated carbocycles. The van der Waals surface area contributed by atoms with Gasteiger partial charge < -0.3 is 4.52 Å². The van der Waals surface area contributed by atoms with Crippen molar-refractivity contribution in [1.29, 1.82) is 0 Å². The molecule has 0 saturated heterocycles. The van der Waals surface area contributed by atoms with Gasteiger partial charge in [-0.3, -0.25) is 0 Å². The highest BCUT2D eigenvalue weighted by Crippen LogP contribution is 2.55. The van der Waals surface area contributed by atoms with E-state index in [1.54, 1.807) is 0 Å². The molecule has 7 rings (SSSR count). The predicted octanol–water partition coefficient (Wildman–Crippen LogP) is 7.84. The van der Waals surface area contributed by atoms with Crippen LogP contribution in [0.2, 0.25) is 0 Å². The molecule has 38 heavy (non-hydrogen) atoms. The van der Waals surface area contributed by atoms with Gasteiger partial charge in [-0.15, -0.1) is 0 Å². The minimum Gasteiger partial charge on any atom is -0.361 e.